The van der Waals surface area contributed by atoms with E-state index < -0.39 is 23.6 Å². The molecule has 3 heterocycles. The van der Waals surface area contributed by atoms with Gasteiger partial charge in [-0.3, -0.25) is 14.9 Å². The van der Waals surface area contributed by atoms with Gasteiger partial charge >= 0.3 is 18.0 Å². The van der Waals surface area contributed by atoms with Gasteiger partial charge in [0.2, 0.25) is 5.13 Å². The second-order valence-electron chi connectivity index (χ2n) is 5.85. The highest BCUT2D eigenvalue weighted by molar-refractivity contribution is 8.00. The summed E-state index contributed by atoms with van der Waals surface area (Å²) in [7, 11) is 2.43. The SMILES string of the molecule is CCOC(=O)Nc1nnc(SCc2nc3sc(C(=O)OC)c(CC(=O)OC)c3c(=O)[nH]2)s1. The van der Waals surface area contributed by atoms with Crippen molar-refractivity contribution in [1.29, 1.82) is 0 Å². The molecule has 3 aromatic heterocycles. The lowest BCUT2D eigenvalue weighted by Crippen LogP contribution is -2.15. The first kappa shape index (κ1) is 23.6. The summed E-state index contributed by atoms with van der Waals surface area (Å²) in [4.78, 5) is 55.6. The Kier molecular flexibility index (Phi) is 7.76. The van der Waals surface area contributed by atoms with Crippen LogP contribution in [-0.2, 0) is 31.2 Å². The maximum atomic E-state index is 12.7. The number of nitrogens with zero attached hydrogens (tertiary/aromatic N) is 3. The van der Waals surface area contributed by atoms with Gasteiger partial charge in [0.25, 0.3) is 5.56 Å². The average molecular weight is 500 g/mol. The third kappa shape index (κ3) is 5.41. The zero-order chi connectivity index (χ0) is 23.3. The summed E-state index contributed by atoms with van der Waals surface area (Å²) in [6, 6.07) is 0. The molecule has 0 unspecified atom stereocenters. The van der Waals surface area contributed by atoms with Crippen LogP contribution in [0.5, 0.6) is 0 Å². The Bertz CT molecular complexity index is 1220. The van der Waals surface area contributed by atoms with Gasteiger partial charge in [0, 0.05) is 5.56 Å². The zero-order valence-corrected chi connectivity index (χ0v) is 19.5. The molecule has 2 N–H and O–H groups in total. The van der Waals surface area contributed by atoms with Crippen molar-refractivity contribution in [2.24, 2.45) is 0 Å². The number of ether oxygens (including phenoxy) is 3. The number of thioether (sulfide) groups is 1. The molecule has 0 fully saturated rings. The Morgan fingerprint density at radius 3 is 2.62 bits per heavy atom. The summed E-state index contributed by atoms with van der Waals surface area (Å²) in [6.45, 7) is 1.92. The number of carbonyl (C=O) groups excluding carboxylic acids is 3. The molecule has 0 aliphatic carbocycles. The van der Waals surface area contributed by atoms with E-state index in [2.05, 4.69) is 30.2 Å². The van der Waals surface area contributed by atoms with Crippen LogP contribution in [-0.4, -0.2) is 59.0 Å². The Hall–Kier alpha value is -3.04. The molecule has 0 radical (unpaired) electrons. The van der Waals surface area contributed by atoms with Crippen molar-refractivity contribution in [2.75, 3.05) is 26.1 Å². The van der Waals surface area contributed by atoms with E-state index in [0.717, 1.165) is 22.7 Å². The molecule has 3 aromatic rings. The lowest BCUT2D eigenvalue weighted by atomic mass is 10.1. The number of fused-ring (bicyclic) bond motifs is 1. The predicted octanol–water partition coefficient (Wildman–Crippen LogP) is 2.20. The van der Waals surface area contributed by atoms with Crippen LogP contribution in [0.25, 0.3) is 10.2 Å². The molecular formula is C17H17N5O7S3. The van der Waals surface area contributed by atoms with E-state index in [4.69, 9.17) is 9.47 Å². The molecule has 0 saturated carbocycles. The van der Waals surface area contributed by atoms with Gasteiger partial charge in [-0.2, -0.15) is 0 Å². The number of esters is 2. The Morgan fingerprint density at radius 1 is 1.16 bits per heavy atom. The molecule has 0 aromatic carbocycles. The molecular weight excluding hydrogens is 482 g/mol. The fourth-order valence-electron chi connectivity index (χ4n) is 2.52. The summed E-state index contributed by atoms with van der Waals surface area (Å²) in [5.41, 5.74) is -0.270. The lowest BCUT2D eigenvalue weighted by Gasteiger charge is -2.02. The quantitative estimate of drug-likeness (QED) is 0.202. The first-order chi connectivity index (χ1) is 15.4. The van der Waals surface area contributed by atoms with Gasteiger partial charge in [-0.05, 0) is 6.92 Å². The number of rotatable bonds is 8. The first-order valence-corrected chi connectivity index (χ1v) is 11.6. The van der Waals surface area contributed by atoms with Crippen molar-refractivity contribution in [3.05, 3.63) is 26.6 Å². The van der Waals surface area contributed by atoms with Gasteiger partial charge in [0.15, 0.2) is 4.34 Å². The third-order valence-corrected chi connectivity index (χ3v) is 6.94. The van der Waals surface area contributed by atoms with E-state index in [9.17, 15) is 19.2 Å². The van der Waals surface area contributed by atoms with Crippen LogP contribution in [0.2, 0.25) is 0 Å². The number of hydrogen-bond donors (Lipinski definition) is 2. The summed E-state index contributed by atoms with van der Waals surface area (Å²) in [5.74, 6) is -0.684. The van der Waals surface area contributed by atoms with E-state index in [1.165, 1.54) is 26.0 Å². The topological polar surface area (TPSA) is 162 Å². The minimum Gasteiger partial charge on any atom is -0.469 e. The van der Waals surface area contributed by atoms with Gasteiger partial charge < -0.3 is 19.2 Å². The minimum atomic E-state index is -0.669. The molecule has 0 bridgehead atoms. The number of methoxy groups -OCH3 is 2. The van der Waals surface area contributed by atoms with Crippen molar-refractivity contribution >= 4 is 67.8 Å². The highest BCUT2D eigenvalue weighted by Gasteiger charge is 2.24. The lowest BCUT2D eigenvalue weighted by molar-refractivity contribution is -0.139. The van der Waals surface area contributed by atoms with Crippen LogP contribution in [0, 0.1) is 0 Å². The zero-order valence-electron chi connectivity index (χ0n) is 17.0. The van der Waals surface area contributed by atoms with Crippen molar-refractivity contribution in [2.45, 2.75) is 23.4 Å². The van der Waals surface area contributed by atoms with Gasteiger partial charge in [-0.1, -0.05) is 23.1 Å². The normalized spacial score (nSPS) is 10.7. The van der Waals surface area contributed by atoms with E-state index >= 15 is 0 Å². The number of thiophene rings is 1. The van der Waals surface area contributed by atoms with Crippen molar-refractivity contribution in [1.82, 2.24) is 20.2 Å². The molecule has 0 aliphatic heterocycles. The van der Waals surface area contributed by atoms with Crippen molar-refractivity contribution in [3.63, 3.8) is 0 Å². The summed E-state index contributed by atoms with van der Waals surface area (Å²) in [5, 5.41) is 10.7. The largest absolute Gasteiger partial charge is 0.469 e. The Balaban J connectivity index is 1.83. The van der Waals surface area contributed by atoms with Crippen LogP contribution in [0.3, 0.4) is 0 Å². The summed E-state index contributed by atoms with van der Waals surface area (Å²) >= 11 is 3.35. The molecule has 0 saturated heterocycles. The van der Waals surface area contributed by atoms with Crippen LogP contribution < -0.4 is 10.9 Å². The van der Waals surface area contributed by atoms with E-state index in [1.807, 2.05) is 0 Å². The number of H-pyrrole nitrogens is 1. The number of anilines is 1. The fourth-order valence-corrected chi connectivity index (χ4v) is 5.26. The molecule has 3 rings (SSSR count). The number of nitrogens with one attached hydrogen (secondary N) is 2. The highest BCUT2D eigenvalue weighted by atomic mass is 32.2. The number of hydrogen-bond acceptors (Lipinski definition) is 13. The Morgan fingerprint density at radius 2 is 1.94 bits per heavy atom. The molecule has 32 heavy (non-hydrogen) atoms. The van der Waals surface area contributed by atoms with Gasteiger partial charge in [-0.25, -0.2) is 14.6 Å². The van der Waals surface area contributed by atoms with Gasteiger partial charge in [0.1, 0.15) is 15.5 Å². The smallest absolute Gasteiger partial charge is 0.413 e. The molecule has 170 valence electrons. The third-order valence-electron chi connectivity index (χ3n) is 3.85. The van der Waals surface area contributed by atoms with E-state index in [-0.39, 0.29) is 39.7 Å². The van der Waals surface area contributed by atoms with Crippen LogP contribution in [0.1, 0.15) is 28.0 Å². The number of carbonyl (C=O) groups is 3. The predicted molar refractivity (Wildman–Crippen MR) is 117 cm³/mol. The Labute approximate surface area is 192 Å². The van der Waals surface area contributed by atoms with E-state index in [0.29, 0.717) is 15.0 Å². The molecule has 1 amide bonds. The standard InChI is InChI=1S/C17H17N5O7S3/c1-4-29-16(26)20-15-21-22-17(32-15)30-6-8-18-12(24)10-7(5-9(23)27-2)11(14(25)28-3)31-13(10)19-8/h4-6H2,1-3H3,(H,18,19,24)(H,20,21,26). The maximum Gasteiger partial charge on any atom is 0.413 e. The summed E-state index contributed by atoms with van der Waals surface area (Å²) < 4.78 is 14.7. The number of aromatic nitrogens is 4. The first-order valence-electron chi connectivity index (χ1n) is 8.96. The molecule has 12 nitrogen and oxygen atoms in total. The fraction of sp³-hybridized carbons (Fsp3) is 0.353. The second kappa shape index (κ2) is 10.5. The monoisotopic (exact) mass is 499 g/mol. The summed E-state index contributed by atoms with van der Waals surface area (Å²) in [6.07, 6.45) is -0.889. The van der Waals surface area contributed by atoms with Gasteiger partial charge in [0.05, 0.1) is 38.4 Å². The second-order valence-corrected chi connectivity index (χ2v) is 9.05. The molecule has 15 heteroatoms. The molecule has 0 atom stereocenters. The highest BCUT2D eigenvalue weighted by Crippen LogP contribution is 2.31. The average Bonchev–Trinajstić information content (AvgIpc) is 3.36. The molecule has 0 spiro atoms. The number of amides is 1. The van der Waals surface area contributed by atoms with Crippen LogP contribution >= 0.6 is 34.4 Å². The maximum absolute atomic E-state index is 12.7. The molecule has 0 aliphatic rings. The van der Waals surface area contributed by atoms with Crippen LogP contribution in [0.15, 0.2) is 9.13 Å². The van der Waals surface area contributed by atoms with Crippen molar-refractivity contribution in [3.8, 4) is 0 Å². The van der Waals surface area contributed by atoms with Crippen molar-refractivity contribution < 1.29 is 28.6 Å². The van der Waals surface area contributed by atoms with E-state index in [1.54, 1.807) is 6.92 Å². The van der Waals surface area contributed by atoms with Crippen LogP contribution in [0.4, 0.5) is 9.93 Å². The number of aromatic amines is 1. The van der Waals surface area contributed by atoms with Gasteiger partial charge in [-0.15, -0.1) is 21.5 Å². The minimum absolute atomic E-state index is 0.120.